The molecular formula is C11H9BrN3+. The molecule has 0 unspecified atom stereocenters. The zero-order valence-corrected chi connectivity index (χ0v) is 9.75. The minimum atomic E-state index is 0.647. The van der Waals surface area contributed by atoms with Gasteiger partial charge in [-0.2, -0.15) is 5.26 Å². The Hall–Kier alpha value is -1.60. The van der Waals surface area contributed by atoms with Gasteiger partial charge in [0.1, 0.15) is 29.2 Å². The fourth-order valence-electron chi connectivity index (χ4n) is 1.42. The summed E-state index contributed by atoms with van der Waals surface area (Å²) < 4.78 is 2.82. The lowest BCUT2D eigenvalue weighted by molar-refractivity contribution is -0.594. The first-order valence-corrected chi connectivity index (χ1v) is 5.26. The second kappa shape index (κ2) is 3.87. The summed E-state index contributed by atoms with van der Waals surface area (Å²) in [5.74, 6) is 0. The fraction of sp³-hybridized carbons (Fsp3) is 0.0909. The molecule has 0 radical (unpaired) electrons. The predicted molar refractivity (Wildman–Crippen MR) is 59.5 cm³/mol. The van der Waals surface area contributed by atoms with Gasteiger partial charge < -0.3 is 0 Å². The molecule has 15 heavy (non-hydrogen) atoms. The van der Waals surface area contributed by atoms with Gasteiger partial charge in [0.15, 0.2) is 0 Å². The smallest absolute Gasteiger partial charge is 0.246 e. The maximum Gasteiger partial charge on any atom is 0.246 e. The number of imidazole rings is 1. The second-order valence-corrected chi connectivity index (χ2v) is 4.18. The number of aryl methyl sites for hydroxylation is 1. The number of nitriles is 1. The van der Waals surface area contributed by atoms with Crippen molar-refractivity contribution in [1.82, 2.24) is 4.98 Å². The number of benzene rings is 1. The summed E-state index contributed by atoms with van der Waals surface area (Å²) in [4.78, 5) is 3.07. The molecule has 3 nitrogen and oxygen atoms in total. The molecule has 0 fully saturated rings. The van der Waals surface area contributed by atoms with Gasteiger partial charge in [-0.25, -0.2) is 9.55 Å². The van der Waals surface area contributed by atoms with Crippen molar-refractivity contribution in [2.45, 2.75) is 6.92 Å². The molecule has 2 rings (SSSR count). The van der Waals surface area contributed by atoms with Crippen molar-refractivity contribution in [3.05, 3.63) is 46.5 Å². The van der Waals surface area contributed by atoms with Gasteiger partial charge in [0.2, 0.25) is 6.33 Å². The van der Waals surface area contributed by atoms with E-state index in [4.69, 9.17) is 5.26 Å². The molecule has 1 aromatic carbocycles. The van der Waals surface area contributed by atoms with E-state index in [1.165, 1.54) is 0 Å². The Balaban J connectivity index is 2.58. The van der Waals surface area contributed by atoms with E-state index in [9.17, 15) is 0 Å². The zero-order chi connectivity index (χ0) is 10.8. The van der Waals surface area contributed by atoms with Gasteiger partial charge in [0, 0.05) is 11.4 Å². The molecule has 0 bridgehead atoms. The third-order valence-corrected chi connectivity index (χ3v) is 2.61. The number of halogens is 1. The first-order valence-electron chi connectivity index (χ1n) is 4.47. The SMILES string of the molecule is Cc1c[n+](-c2ccc(Br)cc2C#N)c[nH]1. The summed E-state index contributed by atoms with van der Waals surface area (Å²) in [7, 11) is 0. The lowest BCUT2D eigenvalue weighted by Crippen LogP contribution is -2.28. The summed E-state index contributed by atoms with van der Waals surface area (Å²) >= 11 is 3.35. The van der Waals surface area contributed by atoms with E-state index in [1.54, 1.807) is 0 Å². The van der Waals surface area contributed by atoms with Crippen molar-refractivity contribution in [2.24, 2.45) is 0 Å². The Labute approximate surface area is 96.1 Å². The molecule has 0 aliphatic rings. The lowest BCUT2D eigenvalue weighted by atomic mass is 10.2. The third-order valence-electron chi connectivity index (χ3n) is 2.12. The summed E-state index contributed by atoms with van der Waals surface area (Å²) in [6.07, 6.45) is 3.78. The number of H-pyrrole nitrogens is 1. The topological polar surface area (TPSA) is 43.5 Å². The van der Waals surface area contributed by atoms with Gasteiger partial charge >= 0.3 is 0 Å². The number of aromatic nitrogens is 2. The van der Waals surface area contributed by atoms with Crippen molar-refractivity contribution >= 4 is 15.9 Å². The minimum Gasteiger partial charge on any atom is -0.247 e. The van der Waals surface area contributed by atoms with Crippen LogP contribution in [0, 0.1) is 18.3 Å². The van der Waals surface area contributed by atoms with Crippen molar-refractivity contribution in [3.63, 3.8) is 0 Å². The Morgan fingerprint density at radius 1 is 1.47 bits per heavy atom. The van der Waals surface area contributed by atoms with Gasteiger partial charge in [-0.15, -0.1) is 0 Å². The maximum atomic E-state index is 9.02. The van der Waals surface area contributed by atoms with Crippen LogP contribution in [0.15, 0.2) is 35.2 Å². The van der Waals surface area contributed by atoms with Crippen LogP contribution in [0.5, 0.6) is 0 Å². The van der Waals surface area contributed by atoms with E-state index < -0.39 is 0 Å². The summed E-state index contributed by atoms with van der Waals surface area (Å²) in [5.41, 5.74) is 2.58. The number of rotatable bonds is 1. The Bertz CT molecular complexity index is 537. The van der Waals surface area contributed by atoms with Crippen molar-refractivity contribution in [2.75, 3.05) is 0 Å². The molecule has 0 atom stereocenters. The first kappa shape index (κ1) is 9.94. The third kappa shape index (κ3) is 1.92. The summed E-state index contributed by atoms with van der Waals surface area (Å²) in [5, 5.41) is 9.02. The Morgan fingerprint density at radius 3 is 2.87 bits per heavy atom. The minimum absolute atomic E-state index is 0.647. The van der Waals surface area contributed by atoms with Crippen LogP contribution in [0.25, 0.3) is 5.69 Å². The number of aromatic amines is 1. The molecular weight excluding hydrogens is 254 g/mol. The van der Waals surface area contributed by atoms with Crippen LogP contribution < -0.4 is 4.57 Å². The van der Waals surface area contributed by atoms with E-state index in [1.807, 2.05) is 42.2 Å². The van der Waals surface area contributed by atoms with E-state index in [0.29, 0.717) is 5.56 Å². The molecule has 1 N–H and O–H groups in total. The largest absolute Gasteiger partial charge is 0.247 e. The molecule has 1 heterocycles. The van der Waals surface area contributed by atoms with Gasteiger partial charge in [-0.3, -0.25) is 0 Å². The zero-order valence-electron chi connectivity index (χ0n) is 8.16. The second-order valence-electron chi connectivity index (χ2n) is 3.27. The van der Waals surface area contributed by atoms with Crippen LogP contribution in [-0.4, -0.2) is 4.98 Å². The highest BCUT2D eigenvalue weighted by atomic mass is 79.9. The monoisotopic (exact) mass is 262 g/mol. The first-order chi connectivity index (χ1) is 7.20. The standard InChI is InChI=1S/C11H8BrN3/c1-8-6-15(7-14-8)11-3-2-10(12)4-9(11)5-13/h2-4,6-7H,1H3/p+1. The van der Waals surface area contributed by atoms with Crippen molar-refractivity contribution < 1.29 is 4.57 Å². The average molecular weight is 263 g/mol. The van der Waals surface area contributed by atoms with E-state index >= 15 is 0 Å². The van der Waals surface area contributed by atoms with Crippen molar-refractivity contribution in [1.29, 1.82) is 5.26 Å². The molecule has 74 valence electrons. The molecule has 4 heteroatoms. The van der Waals surface area contributed by atoms with Crippen LogP contribution in [0.2, 0.25) is 0 Å². The molecule has 1 aromatic heterocycles. The highest BCUT2D eigenvalue weighted by Gasteiger charge is 2.10. The lowest BCUT2D eigenvalue weighted by Gasteiger charge is -1.98. The van der Waals surface area contributed by atoms with Crippen LogP contribution in [0.4, 0.5) is 0 Å². The Morgan fingerprint density at radius 2 is 2.27 bits per heavy atom. The highest BCUT2D eigenvalue weighted by Crippen LogP contribution is 2.15. The number of nitrogens with zero attached hydrogens (tertiary/aromatic N) is 2. The van der Waals surface area contributed by atoms with Gasteiger partial charge in [-0.05, 0) is 18.2 Å². The molecule has 0 saturated heterocycles. The molecule has 0 spiro atoms. The van der Waals surface area contributed by atoms with E-state index in [0.717, 1.165) is 15.9 Å². The van der Waals surface area contributed by atoms with Crippen LogP contribution in [0.1, 0.15) is 11.3 Å². The van der Waals surface area contributed by atoms with E-state index in [2.05, 4.69) is 27.0 Å². The van der Waals surface area contributed by atoms with Crippen LogP contribution in [0.3, 0.4) is 0 Å². The Kier molecular flexibility index (Phi) is 2.57. The molecule has 0 aliphatic heterocycles. The van der Waals surface area contributed by atoms with Gasteiger partial charge in [-0.1, -0.05) is 15.9 Å². The van der Waals surface area contributed by atoms with Crippen molar-refractivity contribution in [3.8, 4) is 11.8 Å². The molecule has 0 saturated carbocycles. The quantitative estimate of drug-likeness (QED) is 0.788. The highest BCUT2D eigenvalue weighted by molar-refractivity contribution is 9.10. The summed E-state index contributed by atoms with van der Waals surface area (Å²) in [6.45, 7) is 1.97. The molecule has 0 amide bonds. The maximum absolute atomic E-state index is 9.02. The van der Waals surface area contributed by atoms with E-state index in [-0.39, 0.29) is 0 Å². The fourth-order valence-corrected chi connectivity index (χ4v) is 1.78. The number of nitrogens with one attached hydrogen (secondary N) is 1. The molecule has 0 aliphatic carbocycles. The van der Waals surface area contributed by atoms with Gasteiger partial charge in [0.05, 0.1) is 0 Å². The average Bonchev–Trinajstić information content (AvgIpc) is 2.64. The van der Waals surface area contributed by atoms with Crippen LogP contribution in [-0.2, 0) is 0 Å². The predicted octanol–water partition coefficient (Wildman–Crippen LogP) is 2.23. The summed E-state index contributed by atoms with van der Waals surface area (Å²) in [6, 6.07) is 7.82. The molecule has 2 aromatic rings. The van der Waals surface area contributed by atoms with Crippen LogP contribution >= 0.6 is 15.9 Å². The number of hydrogen-bond donors (Lipinski definition) is 1. The normalized spacial score (nSPS) is 9.93. The number of hydrogen-bond acceptors (Lipinski definition) is 1. The van der Waals surface area contributed by atoms with Gasteiger partial charge in [0.25, 0.3) is 0 Å².